The van der Waals surface area contributed by atoms with Gasteiger partial charge in [0.05, 0.1) is 12.3 Å². The number of hydrogen-bond acceptors (Lipinski definition) is 3. The quantitative estimate of drug-likeness (QED) is 0.645. The van der Waals surface area contributed by atoms with Crippen molar-refractivity contribution in [1.29, 1.82) is 0 Å². The number of carboxylic acids is 1. The van der Waals surface area contributed by atoms with E-state index in [0.717, 1.165) is 8.95 Å². The smallest absolute Gasteiger partial charge is 0.329 e. The van der Waals surface area contributed by atoms with E-state index < -0.39 is 12.0 Å². The van der Waals surface area contributed by atoms with E-state index in [-0.39, 0.29) is 19.8 Å². The molecule has 0 fully saturated rings. The minimum atomic E-state index is -1.04. The van der Waals surface area contributed by atoms with E-state index in [1.807, 2.05) is 6.07 Å². The van der Waals surface area contributed by atoms with Crippen molar-refractivity contribution in [2.24, 2.45) is 0 Å². The largest absolute Gasteiger partial charge is 0.480 e. The highest BCUT2D eigenvalue weighted by Gasteiger charge is 2.05. The van der Waals surface area contributed by atoms with Crippen molar-refractivity contribution in [3.8, 4) is 0 Å². The first-order valence-corrected chi connectivity index (χ1v) is 6.87. The van der Waals surface area contributed by atoms with Gasteiger partial charge in [0.2, 0.25) is 0 Å². The number of halogens is 2. The van der Waals surface area contributed by atoms with Crippen LogP contribution in [-0.2, 0) is 9.53 Å². The van der Waals surface area contributed by atoms with E-state index in [0.29, 0.717) is 5.69 Å². The van der Waals surface area contributed by atoms with Gasteiger partial charge in [-0.05, 0) is 34.1 Å². The van der Waals surface area contributed by atoms with Gasteiger partial charge >= 0.3 is 12.0 Å². The van der Waals surface area contributed by atoms with E-state index in [4.69, 9.17) is 9.84 Å². The third-order valence-corrected chi connectivity index (χ3v) is 3.12. The lowest BCUT2D eigenvalue weighted by Gasteiger charge is -2.09. The number of benzene rings is 1. The zero-order chi connectivity index (χ0) is 14.3. The van der Waals surface area contributed by atoms with Gasteiger partial charge in [-0.2, -0.15) is 0 Å². The first-order valence-electron chi connectivity index (χ1n) is 5.28. The average Bonchev–Trinajstić information content (AvgIpc) is 2.33. The van der Waals surface area contributed by atoms with Crippen LogP contribution in [0.3, 0.4) is 0 Å². The zero-order valence-corrected chi connectivity index (χ0v) is 13.0. The number of amides is 2. The monoisotopic (exact) mass is 394 g/mol. The molecule has 0 spiro atoms. The van der Waals surface area contributed by atoms with Gasteiger partial charge in [0.25, 0.3) is 0 Å². The predicted octanol–water partition coefficient (Wildman–Crippen LogP) is 2.43. The predicted molar refractivity (Wildman–Crippen MR) is 77.3 cm³/mol. The molecule has 8 heteroatoms. The molecule has 2 amide bonds. The van der Waals surface area contributed by atoms with Gasteiger partial charge in [-0.25, -0.2) is 9.59 Å². The lowest BCUT2D eigenvalue weighted by molar-refractivity contribution is -0.142. The summed E-state index contributed by atoms with van der Waals surface area (Å²) in [6.07, 6.45) is 0. The Balaban J connectivity index is 2.31. The molecule has 0 heterocycles. The fourth-order valence-electron chi connectivity index (χ4n) is 1.16. The molecule has 1 aromatic rings. The third-order valence-electron chi connectivity index (χ3n) is 1.93. The van der Waals surface area contributed by atoms with Crippen molar-refractivity contribution in [1.82, 2.24) is 5.32 Å². The Labute approximate surface area is 126 Å². The molecular formula is C11H12Br2N2O4. The van der Waals surface area contributed by atoms with Crippen LogP contribution in [0.1, 0.15) is 0 Å². The summed E-state index contributed by atoms with van der Waals surface area (Å²) in [5.74, 6) is -1.04. The molecule has 1 aromatic carbocycles. The lowest BCUT2D eigenvalue weighted by atomic mass is 10.3. The maximum atomic E-state index is 11.5. The molecule has 6 nitrogen and oxygen atoms in total. The van der Waals surface area contributed by atoms with Crippen LogP contribution < -0.4 is 10.6 Å². The fraction of sp³-hybridized carbons (Fsp3) is 0.273. The molecule has 0 aliphatic rings. The minimum absolute atomic E-state index is 0.138. The number of aliphatic carboxylic acids is 1. The summed E-state index contributed by atoms with van der Waals surface area (Å²) in [7, 11) is 0. The molecule has 0 saturated heterocycles. The first-order chi connectivity index (χ1) is 8.99. The van der Waals surface area contributed by atoms with Crippen LogP contribution in [-0.4, -0.2) is 36.9 Å². The number of carbonyl (C=O) groups is 2. The molecule has 0 unspecified atom stereocenters. The fourth-order valence-corrected chi connectivity index (χ4v) is 1.86. The standard InChI is InChI=1S/C11H12Br2N2O4/c12-7-1-2-8(13)9(5-7)15-11(18)14-3-4-19-6-10(16)17/h1-2,5H,3-4,6H2,(H,16,17)(H2,14,15,18). The molecule has 0 aliphatic heterocycles. The highest BCUT2D eigenvalue weighted by molar-refractivity contribution is 9.11. The van der Waals surface area contributed by atoms with E-state index in [1.54, 1.807) is 12.1 Å². The van der Waals surface area contributed by atoms with E-state index in [2.05, 4.69) is 42.5 Å². The van der Waals surface area contributed by atoms with Gasteiger partial charge in [-0.3, -0.25) is 0 Å². The Morgan fingerprint density at radius 1 is 1.32 bits per heavy atom. The molecular weight excluding hydrogens is 384 g/mol. The van der Waals surface area contributed by atoms with Gasteiger partial charge < -0.3 is 20.5 Å². The molecule has 1 rings (SSSR count). The lowest BCUT2D eigenvalue weighted by Crippen LogP contribution is -2.32. The van der Waals surface area contributed by atoms with Crippen LogP contribution in [0.2, 0.25) is 0 Å². The summed E-state index contributed by atoms with van der Waals surface area (Å²) in [5.41, 5.74) is 0.623. The van der Waals surface area contributed by atoms with Crippen LogP contribution in [0.25, 0.3) is 0 Å². The van der Waals surface area contributed by atoms with Crippen LogP contribution in [0.5, 0.6) is 0 Å². The summed E-state index contributed by atoms with van der Waals surface area (Å²) < 4.78 is 6.38. The number of rotatable bonds is 6. The summed E-state index contributed by atoms with van der Waals surface area (Å²) in [5, 5.41) is 13.5. The Kier molecular flexibility index (Phi) is 6.82. The van der Waals surface area contributed by atoms with Crippen molar-refractivity contribution in [3.05, 3.63) is 27.1 Å². The van der Waals surface area contributed by atoms with E-state index in [1.165, 1.54) is 0 Å². The number of anilines is 1. The number of hydrogen-bond donors (Lipinski definition) is 3. The number of ether oxygens (including phenoxy) is 1. The third kappa shape index (κ3) is 6.55. The number of carboxylic acid groups (broad SMARTS) is 1. The number of nitrogens with one attached hydrogen (secondary N) is 2. The molecule has 0 saturated carbocycles. The second-order valence-corrected chi connectivity index (χ2v) is 5.22. The van der Waals surface area contributed by atoms with Crippen LogP contribution in [0.15, 0.2) is 27.1 Å². The molecule has 104 valence electrons. The van der Waals surface area contributed by atoms with Crippen LogP contribution in [0, 0.1) is 0 Å². The normalized spacial score (nSPS) is 10.0. The molecule has 0 atom stereocenters. The van der Waals surface area contributed by atoms with Gasteiger partial charge in [-0.1, -0.05) is 15.9 Å². The topological polar surface area (TPSA) is 87.7 Å². The van der Waals surface area contributed by atoms with Gasteiger partial charge in [0, 0.05) is 15.5 Å². The van der Waals surface area contributed by atoms with Crippen LogP contribution in [0.4, 0.5) is 10.5 Å². The van der Waals surface area contributed by atoms with Crippen molar-refractivity contribution in [2.45, 2.75) is 0 Å². The van der Waals surface area contributed by atoms with Crippen molar-refractivity contribution in [3.63, 3.8) is 0 Å². The molecule has 19 heavy (non-hydrogen) atoms. The molecule has 3 N–H and O–H groups in total. The summed E-state index contributed by atoms with van der Waals surface area (Å²) >= 11 is 6.62. The SMILES string of the molecule is O=C(O)COCCNC(=O)Nc1cc(Br)ccc1Br. The Morgan fingerprint density at radius 3 is 2.74 bits per heavy atom. The zero-order valence-electron chi connectivity index (χ0n) is 9.78. The molecule has 0 radical (unpaired) electrons. The minimum Gasteiger partial charge on any atom is -0.480 e. The molecule has 0 aromatic heterocycles. The Morgan fingerprint density at radius 2 is 2.05 bits per heavy atom. The number of urea groups is 1. The summed E-state index contributed by atoms with van der Waals surface area (Å²) in [6.45, 7) is -0.00934. The van der Waals surface area contributed by atoms with Crippen molar-refractivity contribution in [2.75, 3.05) is 25.1 Å². The van der Waals surface area contributed by atoms with E-state index >= 15 is 0 Å². The highest BCUT2D eigenvalue weighted by atomic mass is 79.9. The van der Waals surface area contributed by atoms with Gasteiger partial charge in [-0.15, -0.1) is 0 Å². The Hall–Kier alpha value is -1.12. The van der Waals surface area contributed by atoms with Gasteiger partial charge in [0.1, 0.15) is 6.61 Å². The summed E-state index contributed by atoms with van der Waals surface area (Å²) in [4.78, 5) is 21.7. The first kappa shape index (κ1) is 15.9. The second kappa shape index (κ2) is 8.13. The van der Waals surface area contributed by atoms with Crippen molar-refractivity contribution < 1.29 is 19.4 Å². The van der Waals surface area contributed by atoms with Crippen LogP contribution >= 0.6 is 31.9 Å². The van der Waals surface area contributed by atoms with Crippen molar-refractivity contribution >= 4 is 49.5 Å². The number of carbonyl (C=O) groups excluding carboxylic acids is 1. The summed E-state index contributed by atoms with van der Waals surface area (Å²) in [6, 6.07) is 5.01. The van der Waals surface area contributed by atoms with E-state index in [9.17, 15) is 9.59 Å². The maximum absolute atomic E-state index is 11.5. The highest BCUT2D eigenvalue weighted by Crippen LogP contribution is 2.25. The molecule has 0 bridgehead atoms. The maximum Gasteiger partial charge on any atom is 0.329 e. The Bertz CT molecular complexity index is 468. The van der Waals surface area contributed by atoms with Gasteiger partial charge in [0.15, 0.2) is 0 Å². The molecule has 0 aliphatic carbocycles. The average molecular weight is 396 g/mol. The second-order valence-electron chi connectivity index (χ2n) is 3.45.